The molecule has 1 aliphatic heterocycles. The largest absolute Gasteiger partial charge is 0.506 e. The molecule has 2 N–H and O–H groups in total. The fourth-order valence-electron chi connectivity index (χ4n) is 2.22. The number of aromatic hydroxyl groups is 1. The fraction of sp³-hybridized carbons (Fsp3) is 0.125. The molecule has 0 aromatic heterocycles. The van der Waals surface area contributed by atoms with E-state index in [0.717, 1.165) is 5.69 Å². The highest BCUT2D eigenvalue weighted by Crippen LogP contribution is 2.36. The van der Waals surface area contributed by atoms with Gasteiger partial charge in [-0.15, -0.1) is 0 Å². The summed E-state index contributed by atoms with van der Waals surface area (Å²) in [4.78, 5) is 14.0. The maximum atomic E-state index is 12.6. The molecule has 112 valence electrons. The number of phenols is 1. The summed E-state index contributed by atoms with van der Waals surface area (Å²) in [5.74, 6) is -0.0598. The van der Waals surface area contributed by atoms with Gasteiger partial charge in [0.15, 0.2) is 0 Å². The molecule has 1 fully saturated rings. The molecule has 1 aliphatic rings. The highest BCUT2D eigenvalue weighted by Gasteiger charge is 2.38. The lowest BCUT2D eigenvalue weighted by molar-refractivity contribution is -0.116. The normalized spacial score (nSPS) is 17.8. The van der Waals surface area contributed by atoms with Crippen LogP contribution in [-0.4, -0.2) is 27.1 Å². The first kappa shape index (κ1) is 14.9. The van der Waals surface area contributed by atoms with Gasteiger partial charge in [-0.05, 0) is 24.3 Å². The number of para-hydroxylation sites is 3. The summed E-state index contributed by atoms with van der Waals surface area (Å²) < 4.78 is 0.464. The fourth-order valence-corrected chi connectivity index (χ4v) is 3.67. The van der Waals surface area contributed by atoms with Crippen LogP contribution in [0.2, 0.25) is 0 Å². The minimum absolute atomic E-state index is 0.0514. The number of nitrogens with zero attached hydrogens (tertiary/aromatic N) is 1. The smallest absolute Gasteiger partial charge is 0.248 e. The van der Waals surface area contributed by atoms with Gasteiger partial charge in [-0.1, -0.05) is 54.3 Å². The zero-order valence-electron chi connectivity index (χ0n) is 11.6. The van der Waals surface area contributed by atoms with Gasteiger partial charge in [0.1, 0.15) is 15.3 Å². The van der Waals surface area contributed by atoms with Gasteiger partial charge in [0.05, 0.1) is 5.69 Å². The van der Waals surface area contributed by atoms with Crippen LogP contribution in [0.15, 0.2) is 54.6 Å². The summed E-state index contributed by atoms with van der Waals surface area (Å²) in [6.07, 6.45) is 0. The van der Waals surface area contributed by atoms with E-state index in [0.29, 0.717) is 16.6 Å². The number of benzene rings is 2. The van der Waals surface area contributed by atoms with Gasteiger partial charge in [0, 0.05) is 12.2 Å². The summed E-state index contributed by atoms with van der Waals surface area (Å²) in [7, 11) is 0. The molecule has 1 atom stereocenters. The Morgan fingerprint density at radius 1 is 1.14 bits per heavy atom. The molecule has 1 unspecified atom stereocenters. The van der Waals surface area contributed by atoms with Gasteiger partial charge in [-0.2, -0.15) is 0 Å². The lowest BCUT2D eigenvalue weighted by Crippen LogP contribution is -2.33. The van der Waals surface area contributed by atoms with E-state index in [4.69, 9.17) is 12.2 Å². The van der Waals surface area contributed by atoms with Crippen LogP contribution in [0, 0.1) is 0 Å². The Morgan fingerprint density at radius 2 is 1.82 bits per heavy atom. The first-order valence-corrected chi connectivity index (χ1v) is 8.07. The predicted molar refractivity (Wildman–Crippen MR) is 94.5 cm³/mol. The number of nitrogens with one attached hydrogen (secondary N) is 1. The lowest BCUT2D eigenvalue weighted by Gasteiger charge is -2.17. The molecule has 1 saturated heterocycles. The minimum Gasteiger partial charge on any atom is -0.506 e. The Labute approximate surface area is 138 Å². The number of phenolic OH excluding ortho intramolecular Hbond substituents is 1. The third kappa shape index (κ3) is 2.93. The number of anilines is 2. The molecular formula is C16H14N2O2S2. The van der Waals surface area contributed by atoms with Gasteiger partial charge >= 0.3 is 0 Å². The van der Waals surface area contributed by atoms with E-state index in [1.54, 1.807) is 24.3 Å². The van der Waals surface area contributed by atoms with E-state index in [2.05, 4.69) is 5.32 Å². The highest BCUT2D eigenvalue weighted by atomic mass is 32.2. The second-order valence-electron chi connectivity index (χ2n) is 4.78. The van der Waals surface area contributed by atoms with Crippen molar-refractivity contribution in [3.05, 3.63) is 54.6 Å². The van der Waals surface area contributed by atoms with Crippen LogP contribution in [0.1, 0.15) is 0 Å². The van der Waals surface area contributed by atoms with Crippen molar-refractivity contribution in [3.8, 4) is 5.75 Å². The van der Waals surface area contributed by atoms with E-state index < -0.39 is 0 Å². The Hall–Kier alpha value is -2.05. The van der Waals surface area contributed by atoms with Gasteiger partial charge in [0.2, 0.25) is 5.91 Å². The SMILES string of the molecule is O=C1C(CNc2ccccc2)SC(=S)N1c1ccccc1O. The van der Waals surface area contributed by atoms with Crippen LogP contribution < -0.4 is 10.2 Å². The van der Waals surface area contributed by atoms with Crippen molar-refractivity contribution in [2.24, 2.45) is 0 Å². The first-order chi connectivity index (χ1) is 10.7. The van der Waals surface area contributed by atoms with E-state index in [1.165, 1.54) is 16.7 Å². The summed E-state index contributed by atoms with van der Waals surface area (Å²) >= 11 is 6.64. The standard InChI is InChI=1S/C16H14N2O2S2/c19-13-9-5-4-8-12(13)18-15(20)14(22-16(18)21)10-17-11-6-2-1-3-7-11/h1-9,14,17,19H,10H2. The number of thiocarbonyl (C=S) groups is 1. The van der Waals surface area contributed by atoms with Gasteiger partial charge < -0.3 is 10.4 Å². The van der Waals surface area contributed by atoms with Crippen molar-refractivity contribution in [1.29, 1.82) is 0 Å². The molecule has 0 aliphatic carbocycles. The number of carbonyl (C=O) groups excluding carboxylic acids is 1. The van der Waals surface area contributed by atoms with Crippen molar-refractivity contribution in [2.75, 3.05) is 16.8 Å². The molecule has 2 aromatic rings. The molecule has 6 heteroatoms. The molecule has 0 spiro atoms. The molecule has 0 saturated carbocycles. The van der Waals surface area contributed by atoms with E-state index >= 15 is 0 Å². The van der Waals surface area contributed by atoms with E-state index in [9.17, 15) is 9.90 Å². The van der Waals surface area contributed by atoms with Crippen LogP contribution in [0.5, 0.6) is 5.75 Å². The van der Waals surface area contributed by atoms with E-state index in [1.807, 2.05) is 30.3 Å². The first-order valence-electron chi connectivity index (χ1n) is 6.78. The van der Waals surface area contributed by atoms with E-state index in [-0.39, 0.29) is 16.9 Å². The second-order valence-corrected chi connectivity index (χ2v) is 6.62. The van der Waals surface area contributed by atoms with Gasteiger partial charge in [-0.25, -0.2) is 0 Å². The van der Waals surface area contributed by atoms with Crippen molar-refractivity contribution in [3.63, 3.8) is 0 Å². The molecule has 0 radical (unpaired) electrons. The Balaban J connectivity index is 1.73. The van der Waals surface area contributed by atoms with Crippen molar-refractivity contribution in [1.82, 2.24) is 0 Å². The van der Waals surface area contributed by atoms with Crippen LogP contribution in [0.25, 0.3) is 0 Å². The number of rotatable bonds is 4. The van der Waals surface area contributed by atoms with Crippen molar-refractivity contribution < 1.29 is 9.90 Å². The summed E-state index contributed by atoms with van der Waals surface area (Å²) in [6, 6.07) is 16.4. The van der Waals surface area contributed by atoms with Crippen LogP contribution in [0.4, 0.5) is 11.4 Å². The van der Waals surface area contributed by atoms with Crippen molar-refractivity contribution >= 4 is 45.6 Å². The molecule has 1 amide bonds. The molecule has 0 bridgehead atoms. The Kier molecular flexibility index (Phi) is 4.31. The van der Waals surface area contributed by atoms with Gasteiger partial charge in [0.25, 0.3) is 0 Å². The zero-order valence-corrected chi connectivity index (χ0v) is 13.2. The molecule has 2 aromatic carbocycles. The maximum Gasteiger partial charge on any atom is 0.248 e. The monoisotopic (exact) mass is 330 g/mol. The molecule has 4 nitrogen and oxygen atoms in total. The van der Waals surface area contributed by atoms with Crippen LogP contribution >= 0.6 is 24.0 Å². The van der Waals surface area contributed by atoms with Crippen LogP contribution in [-0.2, 0) is 4.79 Å². The zero-order chi connectivity index (χ0) is 15.5. The number of carbonyl (C=O) groups is 1. The predicted octanol–water partition coefficient (Wildman–Crippen LogP) is 3.24. The van der Waals surface area contributed by atoms with Crippen LogP contribution in [0.3, 0.4) is 0 Å². The number of hydrogen-bond donors (Lipinski definition) is 2. The third-order valence-corrected chi connectivity index (χ3v) is 4.82. The number of amides is 1. The Bertz CT molecular complexity index is 706. The Morgan fingerprint density at radius 3 is 2.55 bits per heavy atom. The minimum atomic E-state index is -0.299. The molecule has 22 heavy (non-hydrogen) atoms. The summed E-state index contributed by atoms with van der Waals surface area (Å²) in [5, 5.41) is 12.9. The van der Waals surface area contributed by atoms with Gasteiger partial charge in [-0.3, -0.25) is 9.69 Å². The summed E-state index contributed by atoms with van der Waals surface area (Å²) in [5.41, 5.74) is 1.40. The molecule has 1 heterocycles. The average Bonchev–Trinajstić information content (AvgIpc) is 2.81. The molecular weight excluding hydrogens is 316 g/mol. The third-order valence-electron chi connectivity index (χ3n) is 3.31. The second kappa shape index (κ2) is 6.37. The molecule has 3 rings (SSSR count). The highest BCUT2D eigenvalue weighted by molar-refractivity contribution is 8.25. The lowest BCUT2D eigenvalue weighted by atomic mass is 10.2. The quantitative estimate of drug-likeness (QED) is 0.843. The average molecular weight is 330 g/mol. The number of thioether (sulfide) groups is 1. The summed E-state index contributed by atoms with van der Waals surface area (Å²) in [6.45, 7) is 0.484. The van der Waals surface area contributed by atoms with Crippen molar-refractivity contribution in [2.45, 2.75) is 5.25 Å². The topological polar surface area (TPSA) is 52.6 Å². The maximum absolute atomic E-state index is 12.6. The number of hydrogen-bond acceptors (Lipinski definition) is 5.